The molecule has 1 amide bonds. The molecule has 1 atom stereocenters. The highest BCUT2D eigenvalue weighted by atomic mass is 35.5. The Kier molecular flexibility index (Phi) is 9.33. The number of hydrogen-bond acceptors (Lipinski definition) is 6. The van der Waals surface area contributed by atoms with Crippen LogP contribution in [0.1, 0.15) is 6.42 Å². The molecule has 11 heteroatoms. The summed E-state index contributed by atoms with van der Waals surface area (Å²) in [5.41, 5.74) is 7.27. The molecule has 31 heavy (non-hydrogen) atoms. The van der Waals surface area contributed by atoms with E-state index in [-0.39, 0.29) is 36.8 Å². The summed E-state index contributed by atoms with van der Waals surface area (Å²) in [4.78, 5) is 18.7. The second kappa shape index (κ2) is 11.5. The number of rotatable bonds is 6. The molecule has 1 fully saturated rings. The number of nitrogens with zero attached hydrogens (tertiary/aromatic N) is 4. The van der Waals surface area contributed by atoms with Gasteiger partial charge in [-0.3, -0.25) is 9.78 Å². The van der Waals surface area contributed by atoms with E-state index in [0.29, 0.717) is 44.3 Å². The number of nitrogens with one attached hydrogen (secondary N) is 1. The first-order valence-corrected chi connectivity index (χ1v) is 9.95. The Bertz CT molecular complexity index is 998. The summed E-state index contributed by atoms with van der Waals surface area (Å²) >= 11 is 6.04. The maximum absolute atomic E-state index is 12.3. The van der Waals surface area contributed by atoms with Gasteiger partial charge in [-0.25, -0.2) is 4.68 Å². The van der Waals surface area contributed by atoms with E-state index in [1.165, 1.54) is 0 Å². The molecular formula is C20H25Cl3N6O2. The number of pyridine rings is 1. The van der Waals surface area contributed by atoms with Gasteiger partial charge in [-0.05, 0) is 30.3 Å². The van der Waals surface area contributed by atoms with Crippen LogP contribution in [0.3, 0.4) is 0 Å². The molecular weight excluding hydrogens is 463 g/mol. The van der Waals surface area contributed by atoms with Gasteiger partial charge in [0.05, 0.1) is 36.7 Å². The summed E-state index contributed by atoms with van der Waals surface area (Å²) in [5.74, 6) is 0.774. The number of aromatic nitrogens is 3. The largest absolute Gasteiger partial charge is 0.377 e. The van der Waals surface area contributed by atoms with Gasteiger partial charge in [0.25, 0.3) is 0 Å². The Labute approximate surface area is 197 Å². The highest BCUT2D eigenvalue weighted by molar-refractivity contribution is 6.30. The SMILES string of the molecule is Cl.Cl.NCCNC(=O)CC1COCCN1c1nn(-c2ccc(Cl)cc2)c2cnccc12. The molecule has 0 spiro atoms. The van der Waals surface area contributed by atoms with Crippen molar-refractivity contribution >= 4 is 59.0 Å². The van der Waals surface area contributed by atoms with Gasteiger partial charge in [-0.15, -0.1) is 29.9 Å². The molecule has 1 aromatic carbocycles. The van der Waals surface area contributed by atoms with E-state index in [4.69, 9.17) is 27.2 Å². The first-order chi connectivity index (χ1) is 14.2. The molecule has 1 aliphatic heterocycles. The average Bonchev–Trinajstić information content (AvgIpc) is 3.13. The molecule has 0 aliphatic carbocycles. The number of morpholine rings is 1. The zero-order valence-electron chi connectivity index (χ0n) is 16.7. The van der Waals surface area contributed by atoms with Crippen LogP contribution < -0.4 is 16.0 Å². The number of hydrogen-bond donors (Lipinski definition) is 2. The molecule has 1 aliphatic rings. The van der Waals surface area contributed by atoms with Crippen LogP contribution in [0, 0.1) is 0 Å². The quantitative estimate of drug-likeness (QED) is 0.554. The molecule has 4 rings (SSSR count). The maximum Gasteiger partial charge on any atom is 0.222 e. The van der Waals surface area contributed by atoms with Crippen molar-refractivity contribution in [3.63, 3.8) is 0 Å². The Morgan fingerprint density at radius 1 is 1.26 bits per heavy atom. The molecule has 3 heterocycles. The van der Waals surface area contributed by atoms with E-state index in [9.17, 15) is 4.79 Å². The number of carbonyl (C=O) groups is 1. The van der Waals surface area contributed by atoms with Gasteiger partial charge in [-0.2, -0.15) is 0 Å². The van der Waals surface area contributed by atoms with Crippen LogP contribution in [0.2, 0.25) is 5.02 Å². The molecule has 0 saturated carbocycles. The van der Waals surface area contributed by atoms with Gasteiger partial charge in [0.2, 0.25) is 5.91 Å². The van der Waals surface area contributed by atoms with Crippen molar-refractivity contribution in [1.29, 1.82) is 0 Å². The zero-order chi connectivity index (χ0) is 20.2. The monoisotopic (exact) mass is 486 g/mol. The van der Waals surface area contributed by atoms with Crippen molar-refractivity contribution in [2.75, 3.05) is 37.7 Å². The molecule has 3 aromatic rings. The topological polar surface area (TPSA) is 98.3 Å². The van der Waals surface area contributed by atoms with E-state index in [0.717, 1.165) is 22.4 Å². The highest BCUT2D eigenvalue weighted by Gasteiger charge is 2.29. The molecule has 3 N–H and O–H groups in total. The minimum absolute atomic E-state index is 0. The molecule has 1 saturated heterocycles. The second-order valence-electron chi connectivity index (χ2n) is 6.87. The number of halogens is 3. The number of fused-ring (bicyclic) bond motifs is 1. The first-order valence-electron chi connectivity index (χ1n) is 9.57. The van der Waals surface area contributed by atoms with Gasteiger partial charge in [0.1, 0.15) is 0 Å². The van der Waals surface area contributed by atoms with Crippen LogP contribution in [0.4, 0.5) is 5.82 Å². The third-order valence-corrected chi connectivity index (χ3v) is 5.17. The molecule has 0 radical (unpaired) electrons. The Morgan fingerprint density at radius 2 is 2.03 bits per heavy atom. The van der Waals surface area contributed by atoms with Gasteiger partial charge in [0, 0.05) is 42.7 Å². The van der Waals surface area contributed by atoms with Gasteiger partial charge >= 0.3 is 0 Å². The normalized spacial score (nSPS) is 15.8. The minimum atomic E-state index is -0.105. The number of amides is 1. The standard InChI is InChI=1S/C20H23ClN6O2.2ClH/c21-14-1-3-15(4-2-14)27-18-12-23-7-5-17(18)20(25-27)26-9-10-29-13-16(26)11-19(28)24-8-6-22;;/h1-5,7,12,16H,6,8-11,13,22H2,(H,24,28);2*1H. The Balaban J connectivity index is 0.00000171. The number of benzene rings is 1. The molecule has 1 unspecified atom stereocenters. The van der Waals surface area contributed by atoms with E-state index in [1.807, 2.05) is 35.0 Å². The minimum Gasteiger partial charge on any atom is -0.377 e. The zero-order valence-corrected chi connectivity index (χ0v) is 19.1. The van der Waals surface area contributed by atoms with Crippen molar-refractivity contribution in [2.45, 2.75) is 12.5 Å². The number of nitrogens with two attached hydrogens (primary N) is 1. The molecule has 2 aromatic heterocycles. The summed E-state index contributed by atoms with van der Waals surface area (Å²) in [6.45, 7) is 2.59. The van der Waals surface area contributed by atoms with Crippen LogP contribution >= 0.6 is 36.4 Å². The lowest BCUT2D eigenvalue weighted by Gasteiger charge is -2.35. The van der Waals surface area contributed by atoms with Gasteiger partial charge < -0.3 is 20.7 Å². The predicted octanol–water partition coefficient (Wildman–Crippen LogP) is 2.59. The molecule has 168 valence electrons. The third-order valence-electron chi connectivity index (χ3n) is 4.92. The van der Waals surface area contributed by atoms with E-state index < -0.39 is 0 Å². The van der Waals surface area contributed by atoms with Crippen molar-refractivity contribution in [3.05, 3.63) is 47.7 Å². The summed E-state index contributed by atoms with van der Waals surface area (Å²) in [5, 5.41) is 9.36. The predicted molar refractivity (Wildman–Crippen MR) is 127 cm³/mol. The number of carbonyl (C=O) groups excluding carboxylic acids is 1. The van der Waals surface area contributed by atoms with Crippen molar-refractivity contribution in [1.82, 2.24) is 20.1 Å². The lowest BCUT2D eigenvalue weighted by Crippen LogP contribution is -2.48. The number of ether oxygens (including phenoxy) is 1. The smallest absolute Gasteiger partial charge is 0.222 e. The van der Waals surface area contributed by atoms with E-state index in [2.05, 4.69) is 15.2 Å². The lowest BCUT2D eigenvalue weighted by molar-refractivity contribution is -0.121. The molecule has 8 nitrogen and oxygen atoms in total. The summed E-state index contributed by atoms with van der Waals surface area (Å²) < 4.78 is 7.50. The van der Waals surface area contributed by atoms with Crippen molar-refractivity contribution in [3.8, 4) is 5.69 Å². The first kappa shape index (κ1) is 25.2. The Hall–Kier alpha value is -2.10. The summed E-state index contributed by atoms with van der Waals surface area (Å²) in [7, 11) is 0. The molecule has 0 bridgehead atoms. The average molecular weight is 488 g/mol. The van der Waals surface area contributed by atoms with Crippen LogP contribution in [-0.2, 0) is 9.53 Å². The number of anilines is 1. The van der Waals surface area contributed by atoms with Crippen molar-refractivity contribution in [2.24, 2.45) is 5.73 Å². The maximum atomic E-state index is 12.3. The lowest BCUT2D eigenvalue weighted by atomic mass is 10.1. The fraction of sp³-hybridized carbons (Fsp3) is 0.350. The van der Waals surface area contributed by atoms with Crippen LogP contribution in [0.15, 0.2) is 42.7 Å². The van der Waals surface area contributed by atoms with Gasteiger partial charge in [0.15, 0.2) is 5.82 Å². The third kappa shape index (κ3) is 5.58. The van der Waals surface area contributed by atoms with Crippen LogP contribution in [-0.4, -0.2) is 59.6 Å². The fourth-order valence-electron chi connectivity index (χ4n) is 3.54. The van der Waals surface area contributed by atoms with Crippen molar-refractivity contribution < 1.29 is 9.53 Å². The summed E-state index contributed by atoms with van der Waals surface area (Å²) in [6.07, 6.45) is 3.87. The summed E-state index contributed by atoms with van der Waals surface area (Å²) in [6, 6.07) is 9.35. The Morgan fingerprint density at radius 3 is 2.77 bits per heavy atom. The van der Waals surface area contributed by atoms with Crippen LogP contribution in [0.25, 0.3) is 16.6 Å². The van der Waals surface area contributed by atoms with E-state index in [1.54, 1.807) is 12.4 Å². The second-order valence-corrected chi connectivity index (χ2v) is 7.31. The highest BCUT2D eigenvalue weighted by Crippen LogP contribution is 2.31. The van der Waals surface area contributed by atoms with Gasteiger partial charge in [-0.1, -0.05) is 11.6 Å². The van der Waals surface area contributed by atoms with Crippen LogP contribution in [0.5, 0.6) is 0 Å². The van der Waals surface area contributed by atoms with E-state index >= 15 is 0 Å². The fourth-order valence-corrected chi connectivity index (χ4v) is 3.66.